The molecule has 0 amide bonds. The van der Waals surface area contributed by atoms with E-state index in [-0.39, 0.29) is 11.7 Å². The minimum atomic E-state index is -1.04. The molecule has 0 fully saturated rings. The van der Waals surface area contributed by atoms with Crippen molar-refractivity contribution in [3.8, 4) is 0 Å². The zero-order valence-electron chi connectivity index (χ0n) is 10.7. The van der Waals surface area contributed by atoms with E-state index in [0.717, 1.165) is 0 Å². The van der Waals surface area contributed by atoms with E-state index < -0.39 is 5.97 Å². The maximum atomic E-state index is 10.7. The van der Waals surface area contributed by atoms with Crippen LogP contribution in [0.1, 0.15) is 24.2 Å². The highest BCUT2D eigenvalue weighted by Gasteiger charge is 2.11. The van der Waals surface area contributed by atoms with Crippen molar-refractivity contribution in [1.29, 1.82) is 0 Å². The third-order valence-corrected chi connectivity index (χ3v) is 2.59. The lowest BCUT2D eigenvalue weighted by molar-refractivity contribution is 0.0696. The molecule has 0 aromatic carbocycles. The van der Waals surface area contributed by atoms with Crippen LogP contribution in [0.5, 0.6) is 0 Å². The number of carboxylic acid groups (broad SMARTS) is 1. The molecule has 100 valence electrons. The summed E-state index contributed by atoms with van der Waals surface area (Å²) in [4.78, 5) is 16.6. The molecule has 0 aliphatic rings. The number of carbonyl (C=O) groups is 1. The number of anilines is 1. The number of pyridine rings is 1. The molecule has 0 unspecified atom stereocenters. The van der Waals surface area contributed by atoms with Crippen LogP contribution in [-0.2, 0) is 4.74 Å². The van der Waals surface area contributed by atoms with Crippen LogP contribution in [0.2, 0.25) is 5.02 Å². The van der Waals surface area contributed by atoms with E-state index in [1.807, 2.05) is 25.8 Å². The maximum absolute atomic E-state index is 10.7. The second kappa shape index (κ2) is 6.56. The summed E-state index contributed by atoms with van der Waals surface area (Å²) in [5.74, 6) is -0.490. The van der Waals surface area contributed by atoms with E-state index in [1.54, 1.807) is 0 Å². The Morgan fingerprint density at radius 2 is 2.28 bits per heavy atom. The molecule has 0 saturated heterocycles. The third-order valence-electron chi connectivity index (χ3n) is 2.31. The lowest BCUT2D eigenvalue weighted by Crippen LogP contribution is -2.25. The van der Waals surface area contributed by atoms with Gasteiger partial charge in [-0.1, -0.05) is 11.6 Å². The molecule has 1 heterocycles. The highest BCUT2D eigenvalue weighted by molar-refractivity contribution is 6.33. The number of hydrogen-bond donors (Lipinski definition) is 1. The number of carboxylic acids is 1. The van der Waals surface area contributed by atoms with Crippen LogP contribution < -0.4 is 4.90 Å². The number of aromatic nitrogens is 1. The summed E-state index contributed by atoms with van der Waals surface area (Å²) in [5.41, 5.74) is 0.0792. The Kier molecular flexibility index (Phi) is 5.37. The molecule has 6 heteroatoms. The van der Waals surface area contributed by atoms with Gasteiger partial charge in [0.05, 0.1) is 23.3 Å². The summed E-state index contributed by atoms with van der Waals surface area (Å²) >= 11 is 6.00. The van der Waals surface area contributed by atoms with Gasteiger partial charge in [-0.3, -0.25) is 0 Å². The molecule has 5 nitrogen and oxygen atoms in total. The summed E-state index contributed by atoms with van der Waals surface area (Å²) in [6, 6.07) is 1.39. The normalized spacial score (nSPS) is 10.7. The van der Waals surface area contributed by atoms with Crippen molar-refractivity contribution in [2.75, 3.05) is 25.1 Å². The highest BCUT2D eigenvalue weighted by atomic mass is 35.5. The monoisotopic (exact) mass is 272 g/mol. The summed E-state index contributed by atoms with van der Waals surface area (Å²) in [6.45, 7) is 5.13. The molecule has 0 atom stereocenters. The van der Waals surface area contributed by atoms with E-state index in [1.165, 1.54) is 12.3 Å². The van der Waals surface area contributed by atoms with Gasteiger partial charge >= 0.3 is 5.97 Å². The Morgan fingerprint density at radius 1 is 1.61 bits per heavy atom. The number of aromatic carboxylic acids is 1. The number of halogens is 1. The molecule has 0 bridgehead atoms. The molecule has 0 aliphatic heterocycles. The second-order valence-electron chi connectivity index (χ2n) is 4.18. The van der Waals surface area contributed by atoms with E-state index in [0.29, 0.717) is 24.0 Å². The minimum Gasteiger partial charge on any atom is -0.478 e. The van der Waals surface area contributed by atoms with E-state index >= 15 is 0 Å². The van der Waals surface area contributed by atoms with E-state index in [9.17, 15) is 4.79 Å². The Hall–Kier alpha value is -1.33. The first-order valence-electron chi connectivity index (χ1n) is 5.63. The predicted octanol–water partition coefficient (Wildman–Crippen LogP) is 2.29. The topological polar surface area (TPSA) is 62.7 Å². The quantitative estimate of drug-likeness (QED) is 0.861. The zero-order chi connectivity index (χ0) is 13.7. The minimum absolute atomic E-state index is 0.0792. The van der Waals surface area contributed by atoms with Gasteiger partial charge in [0.2, 0.25) is 0 Å². The SMILES string of the molecule is CC(C)OCCN(C)c1ncc(C(=O)O)cc1Cl. The van der Waals surface area contributed by atoms with Gasteiger partial charge in [-0.25, -0.2) is 9.78 Å². The van der Waals surface area contributed by atoms with Gasteiger partial charge < -0.3 is 14.7 Å². The van der Waals surface area contributed by atoms with Gasteiger partial charge in [0.25, 0.3) is 0 Å². The van der Waals surface area contributed by atoms with Crippen LogP contribution in [0, 0.1) is 0 Å². The molecule has 0 spiro atoms. The average molecular weight is 273 g/mol. The fraction of sp³-hybridized carbons (Fsp3) is 0.500. The first kappa shape index (κ1) is 14.7. The summed E-state index contributed by atoms with van der Waals surface area (Å²) < 4.78 is 5.43. The molecule has 0 radical (unpaired) electrons. The van der Waals surface area contributed by atoms with Gasteiger partial charge in [-0.15, -0.1) is 0 Å². The van der Waals surface area contributed by atoms with E-state index in [2.05, 4.69) is 4.98 Å². The molecule has 0 saturated carbocycles. The van der Waals surface area contributed by atoms with Crippen LogP contribution in [0.3, 0.4) is 0 Å². The standard InChI is InChI=1S/C12H17ClN2O3/c1-8(2)18-5-4-15(3)11-10(13)6-9(7-14-11)12(16)17/h6-8H,4-5H2,1-3H3,(H,16,17). The molecule has 1 aromatic heterocycles. The third kappa shape index (κ3) is 4.16. The molecular weight excluding hydrogens is 256 g/mol. The van der Waals surface area contributed by atoms with Crippen molar-refractivity contribution in [1.82, 2.24) is 4.98 Å². The fourth-order valence-electron chi connectivity index (χ4n) is 1.36. The van der Waals surface area contributed by atoms with E-state index in [4.69, 9.17) is 21.4 Å². The molecule has 0 aliphatic carbocycles. The van der Waals surface area contributed by atoms with Gasteiger partial charge in [-0.05, 0) is 19.9 Å². The molecule has 18 heavy (non-hydrogen) atoms. The summed E-state index contributed by atoms with van der Waals surface area (Å²) in [5, 5.41) is 9.13. The van der Waals surface area contributed by atoms with Crippen molar-refractivity contribution >= 4 is 23.4 Å². The number of hydrogen-bond acceptors (Lipinski definition) is 4. The van der Waals surface area contributed by atoms with Crippen LogP contribution in [-0.4, -0.2) is 42.4 Å². The number of ether oxygens (including phenoxy) is 1. The zero-order valence-corrected chi connectivity index (χ0v) is 11.4. The predicted molar refractivity (Wildman–Crippen MR) is 70.6 cm³/mol. The van der Waals surface area contributed by atoms with Crippen LogP contribution in [0.4, 0.5) is 5.82 Å². The van der Waals surface area contributed by atoms with Crippen LogP contribution in [0.15, 0.2) is 12.3 Å². The van der Waals surface area contributed by atoms with Gasteiger partial charge in [0, 0.05) is 19.8 Å². The number of rotatable bonds is 6. The van der Waals surface area contributed by atoms with Crippen molar-refractivity contribution in [3.63, 3.8) is 0 Å². The molecule has 1 N–H and O–H groups in total. The number of likely N-dealkylation sites (N-methyl/N-ethyl adjacent to an activating group) is 1. The average Bonchev–Trinajstić information content (AvgIpc) is 2.27. The van der Waals surface area contributed by atoms with Crippen molar-refractivity contribution in [2.45, 2.75) is 20.0 Å². The Bertz CT molecular complexity index is 424. The Balaban J connectivity index is 2.68. The second-order valence-corrected chi connectivity index (χ2v) is 4.58. The largest absolute Gasteiger partial charge is 0.478 e. The Morgan fingerprint density at radius 3 is 2.78 bits per heavy atom. The van der Waals surface area contributed by atoms with Gasteiger partial charge in [-0.2, -0.15) is 0 Å². The number of nitrogens with zero attached hydrogens (tertiary/aromatic N) is 2. The smallest absolute Gasteiger partial charge is 0.337 e. The summed E-state index contributed by atoms with van der Waals surface area (Å²) in [6.07, 6.45) is 1.47. The van der Waals surface area contributed by atoms with Gasteiger partial charge in [0.15, 0.2) is 0 Å². The summed E-state index contributed by atoms with van der Waals surface area (Å²) in [7, 11) is 1.83. The lowest BCUT2D eigenvalue weighted by atomic mass is 10.3. The first-order valence-corrected chi connectivity index (χ1v) is 6.01. The maximum Gasteiger partial charge on any atom is 0.337 e. The van der Waals surface area contributed by atoms with Crippen LogP contribution >= 0.6 is 11.6 Å². The molecule has 1 aromatic rings. The lowest BCUT2D eigenvalue weighted by Gasteiger charge is -2.20. The fourth-order valence-corrected chi connectivity index (χ4v) is 1.67. The van der Waals surface area contributed by atoms with Crippen molar-refractivity contribution in [3.05, 3.63) is 22.8 Å². The first-order chi connectivity index (χ1) is 8.41. The van der Waals surface area contributed by atoms with Gasteiger partial charge in [0.1, 0.15) is 5.82 Å². The highest BCUT2D eigenvalue weighted by Crippen LogP contribution is 2.22. The van der Waals surface area contributed by atoms with Crippen molar-refractivity contribution in [2.24, 2.45) is 0 Å². The Labute approximate surface area is 111 Å². The van der Waals surface area contributed by atoms with Crippen LogP contribution in [0.25, 0.3) is 0 Å². The molecular formula is C12H17ClN2O3. The van der Waals surface area contributed by atoms with Crippen molar-refractivity contribution < 1.29 is 14.6 Å². The molecule has 1 rings (SSSR count).